The van der Waals surface area contributed by atoms with Gasteiger partial charge >= 0.3 is 12.1 Å². The number of fused-ring (bicyclic) bond motifs is 1. The van der Waals surface area contributed by atoms with Crippen molar-refractivity contribution in [1.29, 1.82) is 0 Å². The van der Waals surface area contributed by atoms with E-state index in [9.17, 15) is 22.8 Å². The van der Waals surface area contributed by atoms with Crippen LogP contribution in [0.3, 0.4) is 0 Å². The number of carbonyl (C=O) groups is 2. The fraction of sp³-hybridized carbons (Fsp3) is 0.231. The van der Waals surface area contributed by atoms with Crippen molar-refractivity contribution in [3.8, 4) is 0 Å². The molecular formula is C13H11F3N4O3. The topological polar surface area (TPSA) is 118 Å². The maximum Gasteiger partial charge on any atom is 0.451 e. The number of rotatable bonds is 5. The van der Waals surface area contributed by atoms with Crippen LogP contribution in [0.5, 0.6) is 0 Å². The average Bonchev–Trinajstić information content (AvgIpc) is 2.44. The summed E-state index contributed by atoms with van der Waals surface area (Å²) in [6.45, 7) is 0. The predicted octanol–water partition coefficient (Wildman–Crippen LogP) is 1.39. The van der Waals surface area contributed by atoms with Crippen molar-refractivity contribution in [2.24, 2.45) is 5.73 Å². The van der Waals surface area contributed by atoms with Crippen LogP contribution >= 0.6 is 0 Å². The molecule has 122 valence electrons. The summed E-state index contributed by atoms with van der Waals surface area (Å²) in [7, 11) is 0. The summed E-state index contributed by atoms with van der Waals surface area (Å²) >= 11 is 0. The van der Waals surface area contributed by atoms with Crippen molar-refractivity contribution in [2.75, 3.05) is 5.32 Å². The maximum atomic E-state index is 12.9. The van der Waals surface area contributed by atoms with Crippen molar-refractivity contribution < 1.29 is 27.9 Å². The third kappa shape index (κ3) is 3.84. The van der Waals surface area contributed by atoms with E-state index in [1.54, 1.807) is 0 Å². The summed E-state index contributed by atoms with van der Waals surface area (Å²) in [5.41, 5.74) is 4.93. The number of halogens is 3. The number of carbonyl (C=O) groups excluding carboxylic acids is 1. The number of primary amides is 1. The second-order valence-corrected chi connectivity index (χ2v) is 4.62. The molecule has 1 heterocycles. The molecular weight excluding hydrogens is 317 g/mol. The van der Waals surface area contributed by atoms with Gasteiger partial charge in [0.1, 0.15) is 11.9 Å². The lowest BCUT2D eigenvalue weighted by molar-refractivity contribution is -0.144. The molecule has 0 bridgehead atoms. The van der Waals surface area contributed by atoms with E-state index in [0.29, 0.717) is 0 Å². The predicted molar refractivity (Wildman–Crippen MR) is 73.4 cm³/mol. The van der Waals surface area contributed by atoms with Crippen LogP contribution in [0, 0.1) is 0 Å². The Morgan fingerprint density at radius 1 is 1.26 bits per heavy atom. The number of amides is 1. The van der Waals surface area contributed by atoms with E-state index in [-0.39, 0.29) is 16.7 Å². The van der Waals surface area contributed by atoms with Gasteiger partial charge < -0.3 is 16.2 Å². The first-order valence-corrected chi connectivity index (χ1v) is 6.30. The van der Waals surface area contributed by atoms with Crippen LogP contribution in [0.1, 0.15) is 12.2 Å². The largest absolute Gasteiger partial charge is 0.480 e. The summed E-state index contributed by atoms with van der Waals surface area (Å²) in [4.78, 5) is 28.8. The van der Waals surface area contributed by atoms with Gasteiger partial charge in [-0.15, -0.1) is 0 Å². The molecule has 0 unspecified atom stereocenters. The molecule has 1 amide bonds. The normalized spacial score (nSPS) is 12.8. The van der Waals surface area contributed by atoms with Gasteiger partial charge in [0, 0.05) is 5.39 Å². The zero-order valence-corrected chi connectivity index (χ0v) is 11.5. The molecule has 0 saturated carbocycles. The molecule has 1 atom stereocenters. The summed E-state index contributed by atoms with van der Waals surface area (Å²) in [5.74, 6) is -4.11. The number of anilines is 1. The van der Waals surface area contributed by atoms with Gasteiger partial charge in [-0.05, 0) is 12.1 Å². The minimum atomic E-state index is -4.80. The molecule has 0 saturated heterocycles. The van der Waals surface area contributed by atoms with E-state index >= 15 is 0 Å². The van der Waals surface area contributed by atoms with E-state index in [2.05, 4.69) is 15.3 Å². The zero-order chi connectivity index (χ0) is 17.2. The Hall–Kier alpha value is -2.91. The molecule has 0 radical (unpaired) electrons. The molecule has 10 heteroatoms. The van der Waals surface area contributed by atoms with E-state index in [1.165, 1.54) is 24.3 Å². The van der Waals surface area contributed by atoms with Gasteiger partial charge in [0.25, 0.3) is 0 Å². The van der Waals surface area contributed by atoms with Gasteiger partial charge in [0.15, 0.2) is 0 Å². The third-order valence-electron chi connectivity index (χ3n) is 2.87. The SMILES string of the molecule is NC(=O)C[C@H](Nc1nc(C(F)(F)F)nc2ccccc12)C(=O)O. The molecule has 23 heavy (non-hydrogen) atoms. The lowest BCUT2D eigenvalue weighted by Crippen LogP contribution is -2.34. The number of carboxylic acid groups (broad SMARTS) is 1. The van der Waals surface area contributed by atoms with Crippen LogP contribution < -0.4 is 11.1 Å². The number of nitrogens with zero attached hydrogens (tertiary/aromatic N) is 2. The smallest absolute Gasteiger partial charge is 0.451 e. The van der Waals surface area contributed by atoms with Crippen molar-refractivity contribution >= 4 is 28.6 Å². The van der Waals surface area contributed by atoms with Gasteiger partial charge in [-0.2, -0.15) is 13.2 Å². The minimum Gasteiger partial charge on any atom is -0.480 e. The number of aliphatic carboxylic acids is 1. The first-order valence-electron chi connectivity index (χ1n) is 6.30. The third-order valence-corrected chi connectivity index (χ3v) is 2.87. The van der Waals surface area contributed by atoms with Crippen molar-refractivity contribution in [3.05, 3.63) is 30.1 Å². The maximum absolute atomic E-state index is 12.9. The van der Waals surface area contributed by atoms with E-state index < -0.39 is 36.3 Å². The zero-order valence-electron chi connectivity index (χ0n) is 11.5. The van der Waals surface area contributed by atoms with E-state index in [1.807, 2.05) is 0 Å². The van der Waals surface area contributed by atoms with Gasteiger partial charge in [0.05, 0.1) is 11.9 Å². The molecule has 0 aliphatic heterocycles. The monoisotopic (exact) mass is 328 g/mol. The quantitative estimate of drug-likeness (QED) is 0.763. The van der Waals surface area contributed by atoms with Crippen LogP contribution in [0.15, 0.2) is 24.3 Å². The van der Waals surface area contributed by atoms with Gasteiger partial charge in [-0.1, -0.05) is 12.1 Å². The summed E-state index contributed by atoms with van der Waals surface area (Å²) in [5, 5.41) is 11.6. The fourth-order valence-corrected chi connectivity index (χ4v) is 1.88. The highest BCUT2D eigenvalue weighted by Crippen LogP contribution is 2.30. The van der Waals surface area contributed by atoms with Crippen LogP contribution in [0.25, 0.3) is 10.9 Å². The highest BCUT2D eigenvalue weighted by atomic mass is 19.4. The van der Waals surface area contributed by atoms with Crippen molar-refractivity contribution in [2.45, 2.75) is 18.6 Å². The molecule has 2 aromatic rings. The minimum absolute atomic E-state index is 0.0134. The van der Waals surface area contributed by atoms with Crippen LogP contribution in [0.2, 0.25) is 0 Å². The Bertz CT molecular complexity index is 764. The number of aromatic nitrogens is 2. The number of hydrogen-bond donors (Lipinski definition) is 3. The lowest BCUT2D eigenvalue weighted by Gasteiger charge is -2.16. The number of para-hydroxylation sites is 1. The van der Waals surface area contributed by atoms with Crippen LogP contribution in [0.4, 0.5) is 19.0 Å². The molecule has 1 aromatic heterocycles. The first kappa shape index (κ1) is 16.5. The number of benzene rings is 1. The Morgan fingerprint density at radius 3 is 2.48 bits per heavy atom. The van der Waals surface area contributed by atoms with Crippen molar-refractivity contribution in [3.63, 3.8) is 0 Å². The molecule has 0 aliphatic rings. The highest BCUT2D eigenvalue weighted by Gasteiger charge is 2.36. The van der Waals surface area contributed by atoms with Crippen LogP contribution in [-0.2, 0) is 15.8 Å². The summed E-state index contributed by atoms with van der Waals surface area (Å²) < 4.78 is 38.6. The highest BCUT2D eigenvalue weighted by molar-refractivity contribution is 5.92. The summed E-state index contributed by atoms with van der Waals surface area (Å²) in [6, 6.07) is 4.28. The molecule has 4 N–H and O–H groups in total. The molecule has 2 rings (SSSR count). The Balaban J connectivity index is 2.53. The van der Waals surface area contributed by atoms with Gasteiger partial charge in [0.2, 0.25) is 11.7 Å². The number of alkyl halides is 3. The summed E-state index contributed by atoms with van der Waals surface area (Å²) in [6.07, 6.45) is -5.40. The standard InChI is InChI=1S/C13H11F3N4O3/c14-13(15,16)12-19-7-4-2-1-3-6(7)10(20-12)18-8(11(22)23)5-9(17)21/h1-4,8H,5H2,(H2,17,21)(H,22,23)(H,18,19,20)/t8-/m0/s1. The number of nitrogens with two attached hydrogens (primary N) is 1. The van der Waals surface area contributed by atoms with Gasteiger partial charge in [-0.3, -0.25) is 4.79 Å². The number of nitrogens with one attached hydrogen (secondary N) is 1. The molecule has 7 nitrogen and oxygen atoms in total. The second-order valence-electron chi connectivity index (χ2n) is 4.62. The van der Waals surface area contributed by atoms with E-state index in [0.717, 1.165) is 0 Å². The fourth-order valence-electron chi connectivity index (χ4n) is 1.88. The molecule has 1 aromatic carbocycles. The lowest BCUT2D eigenvalue weighted by atomic mass is 10.1. The second kappa shape index (κ2) is 6.07. The number of hydrogen-bond acceptors (Lipinski definition) is 5. The van der Waals surface area contributed by atoms with E-state index in [4.69, 9.17) is 10.8 Å². The first-order chi connectivity index (χ1) is 10.7. The molecule has 0 aliphatic carbocycles. The van der Waals surface area contributed by atoms with Crippen LogP contribution in [-0.4, -0.2) is 33.0 Å². The van der Waals surface area contributed by atoms with Gasteiger partial charge in [-0.25, -0.2) is 14.8 Å². The Morgan fingerprint density at radius 2 is 1.91 bits per heavy atom. The number of carboxylic acids is 1. The Labute approximate surface area is 127 Å². The molecule has 0 fully saturated rings. The molecule has 0 spiro atoms. The Kier molecular flexibility index (Phi) is 4.34. The van der Waals surface area contributed by atoms with Crippen molar-refractivity contribution in [1.82, 2.24) is 9.97 Å². The average molecular weight is 328 g/mol.